The van der Waals surface area contributed by atoms with E-state index in [1.54, 1.807) is 17.0 Å². The molecule has 0 bridgehead atoms. The molecule has 1 aromatic rings. The maximum Gasteiger partial charge on any atom is 0.322 e. The number of nitrogens with one attached hydrogen (secondary N) is 1. The summed E-state index contributed by atoms with van der Waals surface area (Å²) in [5.74, 6) is 0.176. The molecule has 1 aliphatic heterocycles. The quantitative estimate of drug-likeness (QED) is 0.844. The van der Waals surface area contributed by atoms with E-state index in [1.165, 1.54) is 6.92 Å². The molecule has 120 valence electrons. The number of carbonyl (C=O) groups excluding carboxylic acids is 2. The zero-order chi connectivity index (χ0) is 16.3. The number of aryl methyl sites for hydroxylation is 1. The highest BCUT2D eigenvalue weighted by Gasteiger charge is 2.28. The van der Waals surface area contributed by atoms with Crippen LogP contribution < -0.4 is 5.32 Å². The minimum absolute atomic E-state index is 0.0193. The van der Waals surface area contributed by atoms with Gasteiger partial charge in [0.2, 0.25) is 0 Å². The minimum Gasteiger partial charge on any atom is -0.396 e. The van der Waals surface area contributed by atoms with Gasteiger partial charge in [-0.2, -0.15) is 0 Å². The molecule has 2 unspecified atom stereocenters. The topological polar surface area (TPSA) is 69.6 Å². The number of likely N-dealkylation sites (tertiary alicyclic amines) is 1. The molecule has 0 saturated carbocycles. The highest BCUT2D eigenvalue weighted by atomic mass is 16.3. The molecular formula is C17H24N2O3. The van der Waals surface area contributed by atoms with Gasteiger partial charge in [-0.05, 0) is 63.3 Å². The van der Waals surface area contributed by atoms with Crippen molar-refractivity contribution in [2.45, 2.75) is 39.7 Å². The first-order valence-corrected chi connectivity index (χ1v) is 7.72. The molecule has 5 heteroatoms. The molecule has 0 aromatic heterocycles. The molecule has 1 saturated heterocycles. The number of aliphatic hydroxyl groups excluding tert-OH is 1. The Labute approximate surface area is 131 Å². The van der Waals surface area contributed by atoms with Gasteiger partial charge in [0.1, 0.15) is 0 Å². The number of Topliss-reactive ketones (excluding diaryl/α,β-unsaturated/α-hetero) is 1. The molecule has 1 fully saturated rings. The van der Waals surface area contributed by atoms with Crippen molar-refractivity contribution in [3.05, 3.63) is 29.3 Å². The van der Waals surface area contributed by atoms with Crippen molar-refractivity contribution in [2.75, 3.05) is 18.5 Å². The molecule has 5 nitrogen and oxygen atoms in total. The monoisotopic (exact) mass is 304 g/mol. The predicted octanol–water partition coefficient (Wildman–Crippen LogP) is 2.82. The molecule has 2 N–H and O–H groups in total. The number of ketones is 1. The average Bonchev–Trinajstić information content (AvgIpc) is 2.47. The number of hydrogen-bond acceptors (Lipinski definition) is 3. The Kier molecular flexibility index (Phi) is 5.19. The highest BCUT2D eigenvalue weighted by Crippen LogP contribution is 2.23. The minimum atomic E-state index is -0.152. The van der Waals surface area contributed by atoms with Crippen LogP contribution in [0.1, 0.15) is 42.6 Å². The first-order valence-electron chi connectivity index (χ1n) is 7.72. The van der Waals surface area contributed by atoms with Crippen LogP contribution in [-0.2, 0) is 0 Å². The van der Waals surface area contributed by atoms with Gasteiger partial charge in [0, 0.05) is 30.4 Å². The lowest BCUT2D eigenvalue weighted by Crippen LogP contribution is -2.48. The second kappa shape index (κ2) is 6.92. The number of carbonyl (C=O) groups is 2. The highest BCUT2D eigenvalue weighted by molar-refractivity contribution is 5.97. The van der Waals surface area contributed by atoms with Crippen LogP contribution in [0.2, 0.25) is 0 Å². The third-order valence-electron chi connectivity index (χ3n) is 4.36. The van der Waals surface area contributed by atoms with E-state index in [2.05, 4.69) is 5.32 Å². The van der Waals surface area contributed by atoms with Crippen molar-refractivity contribution in [3.63, 3.8) is 0 Å². The molecule has 22 heavy (non-hydrogen) atoms. The zero-order valence-electron chi connectivity index (χ0n) is 13.4. The van der Waals surface area contributed by atoms with E-state index in [0.717, 1.165) is 18.4 Å². The maximum atomic E-state index is 12.4. The fraction of sp³-hybridized carbons (Fsp3) is 0.529. The number of rotatable bonds is 3. The lowest BCUT2D eigenvalue weighted by molar-refractivity contribution is 0.101. The molecule has 1 aromatic carbocycles. The van der Waals surface area contributed by atoms with Crippen molar-refractivity contribution in [1.82, 2.24) is 4.90 Å². The van der Waals surface area contributed by atoms with E-state index in [0.29, 0.717) is 17.8 Å². The lowest BCUT2D eigenvalue weighted by atomic mass is 9.94. The van der Waals surface area contributed by atoms with Crippen LogP contribution in [0.25, 0.3) is 0 Å². The predicted molar refractivity (Wildman–Crippen MR) is 86.2 cm³/mol. The van der Waals surface area contributed by atoms with E-state index >= 15 is 0 Å². The van der Waals surface area contributed by atoms with Crippen molar-refractivity contribution in [2.24, 2.45) is 5.92 Å². The van der Waals surface area contributed by atoms with Crippen LogP contribution in [0, 0.1) is 12.8 Å². The van der Waals surface area contributed by atoms with Gasteiger partial charge in [-0.25, -0.2) is 4.79 Å². The van der Waals surface area contributed by atoms with Crippen LogP contribution in [0.4, 0.5) is 10.5 Å². The van der Waals surface area contributed by atoms with E-state index < -0.39 is 0 Å². The van der Waals surface area contributed by atoms with E-state index in [-0.39, 0.29) is 30.4 Å². The Hall–Kier alpha value is -1.88. The summed E-state index contributed by atoms with van der Waals surface area (Å²) in [5, 5.41) is 12.2. The number of amides is 2. The summed E-state index contributed by atoms with van der Waals surface area (Å²) in [5.41, 5.74) is 2.21. The number of aliphatic hydroxyl groups is 1. The van der Waals surface area contributed by atoms with Crippen molar-refractivity contribution in [3.8, 4) is 0 Å². The van der Waals surface area contributed by atoms with E-state index in [4.69, 9.17) is 0 Å². The first kappa shape index (κ1) is 16.5. The van der Waals surface area contributed by atoms with Crippen LogP contribution in [0.3, 0.4) is 0 Å². The Morgan fingerprint density at radius 2 is 2.09 bits per heavy atom. The Morgan fingerprint density at radius 1 is 1.36 bits per heavy atom. The first-order chi connectivity index (χ1) is 10.4. The second-order valence-corrected chi connectivity index (χ2v) is 6.14. The molecular weight excluding hydrogens is 280 g/mol. The summed E-state index contributed by atoms with van der Waals surface area (Å²) in [7, 11) is 0. The van der Waals surface area contributed by atoms with E-state index in [1.807, 2.05) is 19.9 Å². The molecule has 1 aliphatic rings. The maximum absolute atomic E-state index is 12.4. The van der Waals surface area contributed by atoms with Gasteiger partial charge in [-0.15, -0.1) is 0 Å². The van der Waals surface area contributed by atoms with Gasteiger partial charge >= 0.3 is 6.03 Å². The molecule has 2 amide bonds. The molecule has 2 atom stereocenters. The van der Waals surface area contributed by atoms with Crippen molar-refractivity contribution >= 4 is 17.5 Å². The smallest absolute Gasteiger partial charge is 0.322 e. The van der Waals surface area contributed by atoms with Crippen LogP contribution >= 0.6 is 0 Å². The Bertz CT molecular complexity index is 571. The molecule has 0 spiro atoms. The van der Waals surface area contributed by atoms with Crippen LogP contribution in [0.5, 0.6) is 0 Å². The van der Waals surface area contributed by atoms with Gasteiger partial charge in [-0.1, -0.05) is 0 Å². The van der Waals surface area contributed by atoms with E-state index in [9.17, 15) is 14.7 Å². The summed E-state index contributed by atoms with van der Waals surface area (Å²) < 4.78 is 0. The standard InChI is InChI=1S/C17H24N2O3/c1-11-8-15(6-7-16(11)13(3)21)18-17(22)19-9-14(10-20)5-4-12(19)2/h6-8,12,14,20H,4-5,9-10H2,1-3H3,(H,18,22). The van der Waals surface area contributed by atoms with Gasteiger partial charge in [0.15, 0.2) is 5.78 Å². The third-order valence-corrected chi connectivity index (χ3v) is 4.36. The Balaban J connectivity index is 2.08. The zero-order valence-corrected chi connectivity index (χ0v) is 13.4. The normalized spacial score (nSPS) is 21.5. The fourth-order valence-electron chi connectivity index (χ4n) is 2.95. The number of nitrogens with zero attached hydrogens (tertiary/aromatic N) is 1. The van der Waals surface area contributed by atoms with Gasteiger partial charge in [0.05, 0.1) is 0 Å². The number of hydrogen-bond donors (Lipinski definition) is 2. The largest absolute Gasteiger partial charge is 0.396 e. The number of piperidine rings is 1. The number of anilines is 1. The SMILES string of the molecule is CC(=O)c1ccc(NC(=O)N2CC(CO)CCC2C)cc1C. The second-order valence-electron chi connectivity index (χ2n) is 6.14. The molecule has 1 heterocycles. The summed E-state index contributed by atoms with van der Waals surface area (Å²) in [6.45, 7) is 6.11. The molecule has 0 aliphatic carbocycles. The van der Waals surface area contributed by atoms with Gasteiger partial charge in [-0.3, -0.25) is 4.79 Å². The molecule has 0 radical (unpaired) electrons. The number of benzene rings is 1. The summed E-state index contributed by atoms with van der Waals surface area (Å²) in [4.78, 5) is 25.7. The Morgan fingerprint density at radius 3 is 2.68 bits per heavy atom. The third kappa shape index (κ3) is 3.65. The average molecular weight is 304 g/mol. The lowest BCUT2D eigenvalue weighted by Gasteiger charge is -2.37. The summed E-state index contributed by atoms with van der Waals surface area (Å²) >= 11 is 0. The van der Waals surface area contributed by atoms with Crippen LogP contribution in [0.15, 0.2) is 18.2 Å². The van der Waals surface area contributed by atoms with Gasteiger partial charge < -0.3 is 15.3 Å². The van der Waals surface area contributed by atoms with Crippen LogP contribution in [-0.4, -0.2) is 41.0 Å². The number of urea groups is 1. The van der Waals surface area contributed by atoms with Crippen molar-refractivity contribution in [1.29, 1.82) is 0 Å². The summed E-state index contributed by atoms with van der Waals surface area (Å²) in [6, 6.07) is 5.32. The fourth-order valence-corrected chi connectivity index (χ4v) is 2.95. The van der Waals surface area contributed by atoms with Crippen molar-refractivity contribution < 1.29 is 14.7 Å². The molecule has 2 rings (SSSR count). The summed E-state index contributed by atoms with van der Waals surface area (Å²) in [6.07, 6.45) is 1.86. The van der Waals surface area contributed by atoms with Gasteiger partial charge in [0.25, 0.3) is 0 Å².